The summed E-state index contributed by atoms with van der Waals surface area (Å²) in [5, 5.41) is 6.82. The van der Waals surface area contributed by atoms with E-state index in [1.54, 1.807) is 23.5 Å². The quantitative estimate of drug-likeness (QED) is 0.697. The first-order valence-corrected chi connectivity index (χ1v) is 11.0. The standard InChI is InChI=1S/C22H29FN2OS/c1-17-15-27-20(25-17)14-24-12-10-21(18-4-6-19(23)7-5-18)11-13-26-22(16-21)8-2-3-9-22/h4-7,15,24H,2-3,8-14,16H2,1H3/t21-/m1/s1. The van der Waals surface area contributed by atoms with Crippen LogP contribution in [-0.2, 0) is 16.7 Å². The van der Waals surface area contributed by atoms with E-state index in [0.29, 0.717) is 0 Å². The molecule has 1 aliphatic heterocycles. The van der Waals surface area contributed by atoms with E-state index in [0.717, 1.165) is 49.7 Å². The predicted octanol–water partition coefficient (Wildman–Crippen LogP) is 5.13. The summed E-state index contributed by atoms with van der Waals surface area (Å²) < 4.78 is 19.8. The van der Waals surface area contributed by atoms with E-state index < -0.39 is 0 Å². The second-order valence-corrected chi connectivity index (χ2v) is 9.20. The Balaban J connectivity index is 1.48. The number of aryl methyl sites for hydroxylation is 1. The molecule has 2 heterocycles. The molecule has 2 aliphatic rings. The molecule has 1 saturated heterocycles. The monoisotopic (exact) mass is 388 g/mol. The number of hydrogen-bond acceptors (Lipinski definition) is 4. The van der Waals surface area contributed by atoms with Gasteiger partial charge in [-0.15, -0.1) is 11.3 Å². The third kappa shape index (κ3) is 4.25. The van der Waals surface area contributed by atoms with Gasteiger partial charge in [0, 0.05) is 29.6 Å². The zero-order valence-corrected chi connectivity index (χ0v) is 16.9. The van der Waals surface area contributed by atoms with Crippen LogP contribution in [0.4, 0.5) is 4.39 Å². The van der Waals surface area contributed by atoms with Crippen molar-refractivity contribution in [3.8, 4) is 0 Å². The largest absolute Gasteiger partial charge is 0.375 e. The van der Waals surface area contributed by atoms with Gasteiger partial charge in [-0.1, -0.05) is 25.0 Å². The molecule has 27 heavy (non-hydrogen) atoms. The Bertz CT molecular complexity index is 754. The smallest absolute Gasteiger partial charge is 0.123 e. The molecular formula is C22H29FN2OS. The minimum atomic E-state index is -0.159. The van der Waals surface area contributed by atoms with Crippen molar-refractivity contribution in [1.82, 2.24) is 10.3 Å². The van der Waals surface area contributed by atoms with Gasteiger partial charge >= 0.3 is 0 Å². The molecule has 5 heteroatoms. The summed E-state index contributed by atoms with van der Waals surface area (Å²) in [5.41, 5.74) is 2.47. The number of ether oxygens (including phenoxy) is 1. The van der Waals surface area contributed by atoms with Crippen LogP contribution >= 0.6 is 11.3 Å². The SMILES string of the molecule is Cc1csc(CNCC[C@@]2(c3ccc(F)cc3)CCOC3(CCCC3)C2)n1. The summed E-state index contributed by atoms with van der Waals surface area (Å²) in [6.45, 7) is 4.60. The van der Waals surface area contributed by atoms with Crippen LogP contribution in [0.3, 0.4) is 0 Å². The Morgan fingerprint density at radius 3 is 2.67 bits per heavy atom. The topological polar surface area (TPSA) is 34.1 Å². The van der Waals surface area contributed by atoms with Gasteiger partial charge in [0.2, 0.25) is 0 Å². The highest BCUT2D eigenvalue weighted by Gasteiger charge is 2.47. The van der Waals surface area contributed by atoms with Crippen LogP contribution in [0.5, 0.6) is 0 Å². The fourth-order valence-electron chi connectivity index (χ4n) is 4.97. The van der Waals surface area contributed by atoms with Crippen LogP contribution in [0.15, 0.2) is 29.6 Å². The Hall–Kier alpha value is -1.30. The van der Waals surface area contributed by atoms with Crippen LogP contribution in [0, 0.1) is 12.7 Å². The second kappa shape index (κ2) is 7.98. The molecule has 2 aromatic rings. The first-order valence-electron chi connectivity index (χ1n) is 10.1. The van der Waals surface area contributed by atoms with Crippen molar-refractivity contribution in [3.63, 3.8) is 0 Å². The van der Waals surface area contributed by atoms with Crippen LogP contribution in [0.2, 0.25) is 0 Å². The Morgan fingerprint density at radius 2 is 1.96 bits per heavy atom. The fourth-order valence-corrected chi connectivity index (χ4v) is 5.72. The first-order chi connectivity index (χ1) is 13.1. The number of benzene rings is 1. The third-order valence-corrected chi connectivity index (χ3v) is 7.31. The number of aromatic nitrogens is 1. The number of rotatable bonds is 6. The number of nitrogens with one attached hydrogen (secondary N) is 1. The average molecular weight is 389 g/mol. The minimum Gasteiger partial charge on any atom is -0.375 e. The van der Waals surface area contributed by atoms with Crippen molar-refractivity contribution in [1.29, 1.82) is 0 Å². The van der Waals surface area contributed by atoms with Gasteiger partial charge in [0.15, 0.2) is 0 Å². The van der Waals surface area contributed by atoms with Crippen molar-refractivity contribution in [2.24, 2.45) is 0 Å². The molecule has 1 atom stereocenters. The van der Waals surface area contributed by atoms with Gasteiger partial charge in [0.1, 0.15) is 10.8 Å². The maximum Gasteiger partial charge on any atom is 0.123 e. The third-order valence-electron chi connectivity index (χ3n) is 6.34. The molecule has 0 amide bonds. The summed E-state index contributed by atoms with van der Waals surface area (Å²) in [6, 6.07) is 7.21. The van der Waals surface area contributed by atoms with Crippen molar-refractivity contribution < 1.29 is 9.13 Å². The van der Waals surface area contributed by atoms with Gasteiger partial charge < -0.3 is 10.1 Å². The zero-order valence-electron chi connectivity index (χ0n) is 16.1. The molecule has 0 radical (unpaired) electrons. The molecule has 0 bridgehead atoms. The molecule has 1 N–H and O–H groups in total. The lowest BCUT2D eigenvalue weighted by Crippen LogP contribution is -2.47. The van der Waals surface area contributed by atoms with Crippen LogP contribution in [0.1, 0.15) is 61.2 Å². The van der Waals surface area contributed by atoms with Crippen molar-refractivity contribution in [2.45, 2.75) is 69.4 Å². The summed E-state index contributed by atoms with van der Waals surface area (Å²) in [7, 11) is 0. The number of nitrogens with zero attached hydrogens (tertiary/aromatic N) is 1. The number of hydrogen-bond donors (Lipinski definition) is 1. The van der Waals surface area contributed by atoms with E-state index in [1.165, 1.54) is 31.2 Å². The van der Waals surface area contributed by atoms with Crippen LogP contribution < -0.4 is 5.32 Å². The Kier molecular flexibility index (Phi) is 5.62. The van der Waals surface area contributed by atoms with Crippen LogP contribution in [0.25, 0.3) is 0 Å². The lowest BCUT2D eigenvalue weighted by molar-refractivity contribution is -0.103. The summed E-state index contributed by atoms with van der Waals surface area (Å²) in [6.07, 6.45) is 7.99. The van der Waals surface area contributed by atoms with Crippen molar-refractivity contribution >= 4 is 11.3 Å². The van der Waals surface area contributed by atoms with Gasteiger partial charge in [-0.3, -0.25) is 0 Å². The molecule has 4 rings (SSSR count). The lowest BCUT2D eigenvalue weighted by atomic mass is 9.66. The highest BCUT2D eigenvalue weighted by molar-refractivity contribution is 7.09. The number of thiazole rings is 1. The second-order valence-electron chi connectivity index (χ2n) is 8.26. The fraction of sp³-hybridized carbons (Fsp3) is 0.591. The highest BCUT2D eigenvalue weighted by Crippen LogP contribution is 2.50. The van der Waals surface area contributed by atoms with Crippen molar-refractivity contribution in [3.05, 3.63) is 51.7 Å². The van der Waals surface area contributed by atoms with Gasteiger partial charge in [-0.2, -0.15) is 0 Å². The van der Waals surface area contributed by atoms with Crippen LogP contribution in [-0.4, -0.2) is 23.7 Å². The molecule has 1 aromatic carbocycles. The predicted molar refractivity (Wildman–Crippen MR) is 108 cm³/mol. The van der Waals surface area contributed by atoms with Gasteiger partial charge in [0.05, 0.1) is 5.60 Å². The first kappa shape index (κ1) is 19.0. The average Bonchev–Trinajstić information content (AvgIpc) is 3.28. The van der Waals surface area contributed by atoms with E-state index >= 15 is 0 Å². The van der Waals surface area contributed by atoms with Crippen molar-refractivity contribution in [2.75, 3.05) is 13.2 Å². The minimum absolute atomic E-state index is 0.0407. The molecule has 1 aliphatic carbocycles. The maximum absolute atomic E-state index is 13.5. The lowest BCUT2D eigenvalue weighted by Gasteiger charge is -2.47. The molecule has 0 unspecified atom stereocenters. The van der Waals surface area contributed by atoms with E-state index in [9.17, 15) is 4.39 Å². The Morgan fingerprint density at radius 1 is 1.19 bits per heavy atom. The van der Waals surface area contributed by atoms with E-state index in [2.05, 4.69) is 15.7 Å². The molecule has 146 valence electrons. The summed E-state index contributed by atoms with van der Waals surface area (Å²) >= 11 is 1.71. The van der Waals surface area contributed by atoms with Gasteiger partial charge in [-0.25, -0.2) is 9.37 Å². The molecule has 1 saturated carbocycles. The number of halogens is 1. The molecule has 1 spiro atoms. The van der Waals surface area contributed by atoms with E-state index in [1.807, 2.05) is 19.1 Å². The Labute approximate surface area is 165 Å². The molecule has 1 aromatic heterocycles. The normalized spacial score (nSPS) is 24.5. The zero-order chi connectivity index (χ0) is 18.7. The summed E-state index contributed by atoms with van der Waals surface area (Å²) in [5.74, 6) is -0.159. The molecule has 3 nitrogen and oxygen atoms in total. The summed E-state index contributed by atoms with van der Waals surface area (Å²) in [4.78, 5) is 4.53. The highest BCUT2D eigenvalue weighted by atomic mass is 32.1. The van der Waals surface area contributed by atoms with E-state index in [-0.39, 0.29) is 16.8 Å². The van der Waals surface area contributed by atoms with Gasteiger partial charge in [0.25, 0.3) is 0 Å². The maximum atomic E-state index is 13.5. The molecule has 2 fully saturated rings. The molecular weight excluding hydrogens is 359 g/mol. The van der Waals surface area contributed by atoms with Gasteiger partial charge in [-0.05, 0) is 63.3 Å². The van der Waals surface area contributed by atoms with E-state index in [4.69, 9.17) is 4.74 Å².